The van der Waals surface area contributed by atoms with Gasteiger partial charge in [-0.2, -0.15) is 0 Å². The van der Waals surface area contributed by atoms with Crippen molar-refractivity contribution in [1.82, 2.24) is 19.9 Å². The maximum Gasteiger partial charge on any atom is 0.251 e. The second kappa shape index (κ2) is 12.9. The second-order valence-electron chi connectivity index (χ2n) is 12.9. The monoisotopic (exact) mass is 629 g/mol. The van der Waals surface area contributed by atoms with E-state index < -0.39 is 12.2 Å². The highest BCUT2D eigenvalue weighted by Crippen LogP contribution is 2.57. The Morgan fingerprint density at radius 2 is 1.84 bits per heavy atom. The van der Waals surface area contributed by atoms with Crippen LogP contribution in [-0.2, 0) is 24.2 Å². The van der Waals surface area contributed by atoms with Gasteiger partial charge < -0.3 is 5.32 Å². The fraction of sp³-hybridized carbons (Fsp3) is 0.588. The minimum atomic E-state index is -2.47. The molecule has 5 rings (SSSR count). The van der Waals surface area contributed by atoms with E-state index in [1.54, 1.807) is 11.1 Å². The minimum Gasteiger partial charge on any atom is -0.322 e. The quantitative estimate of drug-likeness (QED) is 0.198. The Bertz CT molecular complexity index is 1510. The van der Waals surface area contributed by atoms with Gasteiger partial charge in [0.05, 0.1) is 12.2 Å². The average molecular weight is 630 g/mol. The number of pyridine rings is 1. The summed E-state index contributed by atoms with van der Waals surface area (Å²) >= 11 is 6.24. The highest BCUT2D eigenvalue weighted by atomic mass is 35.5. The van der Waals surface area contributed by atoms with Crippen LogP contribution in [0, 0.1) is 23.1 Å². The summed E-state index contributed by atoms with van der Waals surface area (Å²) in [6.45, 7) is 12.6. The van der Waals surface area contributed by atoms with Crippen LogP contribution in [0.3, 0.4) is 0 Å². The molecule has 3 aliphatic rings. The number of carbonyl (C=O) groups excluding carboxylic acids is 1. The van der Waals surface area contributed by atoms with E-state index >= 15 is 4.39 Å². The van der Waals surface area contributed by atoms with Crippen LogP contribution in [0.4, 0.5) is 24.8 Å². The number of aryl methyl sites for hydroxylation is 1. The van der Waals surface area contributed by atoms with Crippen molar-refractivity contribution < 1.29 is 18.0 Å². The van der Waals surface area contributed by atoms with Gasteiger partial charge in [-0.3, -0.25) is 9.69 Å². The first kappa shape index (κ1) is 32.6. The number of carbonyl (C=O) groups is 1. The van der Waals surface area contributed by atoms with Gasteiger partial charge in [0.2, 0.25) is 5.28 Å². The van der Waals surface area contributed by atoms with Crippen molar-refractivity contribution in [3.63, 3.8) is 0 Å². The summed E-state index contributed by atoms with van der Waals surface area (Å²) in [6.07, 6.45) is 4.73. The number of fused-ring (bicyclic) bond motifs is 2. The Hall–Kier alpha value is -2.78. The lowest BCUT2D eigenvalue weighted by Crippen LogP contribution is -2.35. The minimum absolute atomic E-state index is 0.00396. The predicted octanol–water partition coefficient (Wildman–Crippen LogP) is 8.51. The SMILES string of the molecule is CCC(C)C(=O)/C(C1=C(C(C)C)c2c(cnc(Nc3nc(Cl)nc4c3CN(CC(F)F)CC4)c2F)CC1)=C(/C)C1(CC)CC1. The number of rotatable bonds is 11. The number of nitrogens with one attached hydrogen (secondary N) is 1. The summed E-state index contributed by atoms with van der Waals surface area (Å²) in [4.78, 5) is 28.8. The van der Waals surface area contributed by atoms with E-state index in [0.29, 0.717) is 42.6 Å². The van der Waals surface area contributed by atoms with Gasteiger partial charge in [-0.1, -0.05) is 40.2 Å². The number of aromatic nitrogens is 3. The third-order valence-electron chi connectivity index (χ3n) is 9.97. The second-order valence-corrected chi connectivity index (χ2v) is 13.3. The molecule has 1 fully saturated rings. The van der Waals surface area contributed by atoms with Gasteiger partial charge in [0.1, 0.15) is 5.82 Å². The van der Waals surface area contributed by atoms with Gasteiger partial charge >= 0.3 is 0 Å². The number of ketones is 1. The Morgan fingerprint density at radius 1 is 1.11 bits per heavy atom. The third kappa shape index (κ3) is 6.19. The first-order chi connectivity index (χ1) is 20.9. The highest BCUT2D eigenvalue weighted by Gasteiger charge is 2.45. The first-order valence-electron chi connectivity index (χ1n) is 15.9. The van der Waals surface area contributed by atoms with Crippen molar-refractivity contribution in [2.24, 2.45) is 17.3 Å². The average Bonchev–Trinajstić information content (AvgIpc) is 3.79. The number of hydrogen-bond acceptors (Lipinski definition) is 6. The predicted molar refractivity (Wildman–Crippen MR) is 169 cm³/mol. The van der Waals surface area contributed by atoms with Crippen molar-refractivity contribution in [1.29, 1.82) is 0 Å². The molecule has 1 aliphatic heterocycles. The van der Waals surface area contributed by atoms with E-state index in [1.165, 1.54) is 0 Å². The van der Waals surface area contributed by atoms with Crippen LogP contribution in [0.15, 0.2) is 22.9 Å². The molecule has 1 atom stereocenters. The zero-order chi connectivity index (χ0) is 31.9. The summed E-state index contributed by atoms with van der Waals surface area (Å²) in [5, 5.41) is 3.04. The summed E-state index contributed by atoms with van der Waals surface area (Å²) in [5.74, 6) is -0.316. The molecule has 2 aliphatic carbocycles. The molecule has 1 N–H and O–H groups in total. The summed E-state index contributed by atoms with van der Waals surface area (Å²) in [6, 6.07) is 0. The molecule has 3 heterocycles. The number of nitrogens with zero attached hydrogens (tertiary/aromatic N) is 4. The number of hydrogen-bond donors (Lipinski definition) is 1. The zero-order valence-electron chi connectivity index (χ0n) is 26.6. The fourth-order valence-corrected chi connectivity index (χ4v) is 7.13. The van der Waals surface area contributed by atoms with Gasteiger partial charge in [0, 0.05) is 48.3 Å². The van der Waals surface area contributed by atoms with Crippen LogP contribution in [0.5, 0.6) is 0 Å². The van der Waals surface area contributed by atoms with Gasteiger partial charge in [-0.15, -0.1) is 0 Å². The number of Topliss-reactive ketones (excluding diaryl/α,β-unsaturated/α-hetero) is 1. The third-order valence-corrected chi connectivity index (χ3v) is 10.1. The molecule has 0 aromatic carbocycles. The molecule has 2 aromatic rings. The van der Waals surface area contributed by atoms with Gasteiger partial charge in [-0.25, -0.2) is 28.1 Å². The maximum absolute atomic E-state index is 16.8. The summed E-state index contributed by atoms with van der Waals surface area (Å²) in [7, 11) is 0. The van der Waals surface area contributed by atoms with Crippen LogP contribution in [0.2, 0.25) is 5.28 Å². The van der Waals surface area contributed by atoms with Crippen molar-refractivity contribution in [2.45, 2.75) is 99.5 Å². The molecule has 1 saturated carbocycles. The molecular weight excluding hydrogens is 587 g/mol. The topological polar surface area (TPSA) is 71.0 Å². The summed E-state index contributed by atoms with van der Waals surface area (Å²) < 4.78 is 43.1. The normalized spacial score (nSPS) is 19.1. The molecule has 0 saturated heterocycles. The number of alkyl halides is 2. The fourth-order valence-electron chi connectivity index (χ4n) is 6.94. The Labute approximate surface area is 263 Å². The van der Waals surface area contributed by atoms with E-state index in [-0.39, 0.29) is 53.0 Å². The van der Waals surface area contributed by atoms with E-state index in [1.807, 2.05) is 27.7 Å². The van der Waals surface area contributed by atoms with Crippen LogP contribution in [-0.4, -0.2) is 45.2 Å². The van der Waals surface area contributed by atoms with E-state index in [9.17, 15) is 13.6 Å². The Kier molecular flexibility index (Phi) is 9.57. The maximum atomic E-state index is 16.8. The molecule has 0 bridgehead atoms. The first-order valence-corrected chi connectivity index (χ1v) is 16.3. The Balaban J connectivity index is 1.63. The molecule has 1 unspecified atom stereocenters. The van der Waals surface area contributed by atoms with Gasteiger partial charge in [-0.05, 0) is 85.1 Å². The molecule has 10 heteroatoms. The van der Waals surface area contributed by atoms with E-state index in [0.717, 1.165) is 53.5 Å². The molecule has 0 spiro atoms. The van der Waals surface area contributed by atoms with Gasteiger partial charge in [0.15, 0.2) is 17.4 Å². The van der Waals surface area contributed by atoms with Crippen LogP contribution < -0.4 is 5.32 Å². The van der Waals surface area contributed by atoms with E-state index in [2.05, 4.69) is 34.1 Å². The zero-order valence-corrected chi connectivity index (χ0v) is 27.3. The summed E-state index contributed by atoms with van der Waals surface area (Å²) in [5.41, 5.74) is 6.33. The Morgan fingerprint density at radius 3 is 2.45 bits per heavy atom. The number of anilines is 2. The molecular formula is C34H43ClF3N5O. The van der Waals surface area contributed by atoms with Crippen molar-refractivity contribution in [2.75, 3.05) is 18.4 Å². The van der Waals surface area contributed by atoms with Crippen molar-refractivity contribution in [3.8, 4) is 0 Å². The molecule has 44 heavy (non-hydrogen) atoms. The lowest BCUT2D eigenvalue weighted by molar-refractivity contribution is -0.118. The number of allylic oxidation sites excluding steroid dienone is 4. The van der Waals surface area contributed by atoms with E-state index in [4.69, 9.17) is 11.6 Å². The lowest BCUT2D eigenvalue weighted by atomic mass is 9.73. The van der Waals surface area contributed by atoms with Gasteiger partial charge in [0.25, 0.3) is 6.43 Å². The number of halogens is 4. The van der Waals surface area contributed by atoms with Crippen LogP contribution in [0.25, 0.3) is 5.57 Å². The van der Waals surface area contributed by atoms with Crippen LogP contribution >= 0.6 is 11.6 Å². The molecule has 0 radical (unpaired) electrons. The smallest absolute Gasteiger partial charge is 0.251 e. The highest BCUT2D eigenvalue weighted by molar-refractivity contribution is 6.28. The molecule has 238 valence electrons. The van der Waals surface area contributed by atoms with Crippen LogP contribution in [0.1, 0.15) is 96.0 Å². The van der Waals surface area contributed by atoms with Crippen molar-refractivity contribution >= 4 is 34.6 Å². The lowest BCUT2D eigenvalue weighted by Gasteiger charge is -2.31. The molecule has 2 aromatic heterocycles. The van der Waals surface area contributed by atoms with Crippen molar-refractivity contribution in [3.05, 3.63) is 56.4 Å². The molecule has 6 nitrogen and oxygen atoms in total. The largest absolute Gasteiger partial charge is 0.322 e. The standard InChI is InChI=1S/C34H43ClF3N5O/c1-7-19(5)30(44)27(20(6)34(8-2)12-13-34)22-10-9-21-15-39-32(29(38)28(21)26(22)18(3)4)41-31-23-16-43(17-25(36)37)14-11-24(23)40-33(35)42-31/h15,18-19,25H,7-14,16-17H2,1-6H3,(H,39,40,41,42)/b27-20-. The molecule has 0 amide bonds.